The molecule has 2 heterocycles. The van der Waals surface area contributed by atoms with Gasteiger partial charge in [-0.3, -0.25) is 0 Å². The van der Waals surface area contributed by atoms with Crippen LogP contribution in [-0.4, -0.2) is 26.1 Å². The van der Waals surface area contributed by atoms with Crippen LogP contribution in [0.3, 0.4) is 0 Å². The van der Waals surface area contributed by atoms with Gasteiger partial charge in [0.2, 0.25) is 6.79 Å². The first-order valence-corrected chi connectivity index (χ1v) is 9.07. The highest BCUT2D eigenvalue weighted by Crippen LogP contribution is 2.48. The van der Waals surface area contributed by atoms with E-state index >= 15 is 0 Å². The first-order valence-electron chi connectivity index (χ1n) is 9.07. The van der Waals surface area contributed by atoms with Crippen molar-refractivity contribution in [3.8, 4) is 46.5 Å². The molecule has 1 N–H and O–H groups in total. The second-order valence-corrected chi connectivity index (χ2v) is 6.77. The van der Waals surface area contributed by atoms with Crippen molar-refractivity contribution in [3.63, 3.8) is 0 Å². The monoisotopic (exact) mass is 390 g/mol. The number of aliphatic hydroxyl groups is 1. The lowest BCUT2D eigenvalue weighted by Gasteiger charge is -2.19. The highest BCUT2D eigenvalue weighted by molar-refractivity contribution is 6.04. The summed E-state index contributed by atoms with van der Waals surface area (Å²) in [7, 11) is 3.16. The van der Waals surface area contributed by atoms with E-state index in [1.54, 1.807) is 14.2 Å². The Balaban J connectivity index is 1.92. The predicted molar refractivity (Wildman–Crippen MR) is 106 cm³/mol. The molecule has 29 heavy (non-hydrogen) atoms. The molecule has 0 bridgehead atoms. The molecule has 0 aromatic heterocycles. The summed E-state index contributed by atoms with van der Waals surface area (Å²) in [5.41, 5.74) is 3.81. The Kier molecular flexibility index (Phi) is 4.02. The molecule has 3 aromatic carbocycles. The van der Waals surface area contributed by atoms with E-state index in [-0.39, 0.29) is 13.4 Å². The van der Waals surface area contributed by atoms with Crippen molar-refractivity contribution in [1.82, 2.24) is 0 Å². The van der Waals surface area contributed by atoms with Crippen LogP contribution in [0.1, 0.15) is 23.0 Å². The number of hydrogen-bond donors (Lipinski definition) is 1. The molecule has 1 atom stereocenters. The van der Waals surface area contributed by atoms with Gasteiger partial charge in [0.15, 0.2) is 29.3 Å². The van der Waals surface area contributed by atoms with Crippen LogP contribution < -0.4 is 18.9 Å². The topological polar surface area (TPSA) is 66.4 Å². The second-order valence-electron chi connectivity index (χ2n) is 6.77. The molecule has 5 rings (SSSR count). The van der Waals surface area contributed by atoms with E-state index in [2.05, 4.69) is 5.92 Å². The predicted octanol–water partition coefficient (Wildman–Crippen LogP) is 3.76. The number of terminal acetylenes is 1. The number of ether oxygens (including phenoxy) is 5. The Morgan fingerprint density at radius 1 is 1.03 bits per heavy atom. The zero-order chi connectivity index (χ0) is 20.1. The minimum Gasteiger partial charge on any atom is -0.493 e. The van der Waals surface area contributed by atoms with E-state index in [1.165, 1.54) is 0 Å². The average Bonchev–Trinajstić information content (AvgIpc) is 3.37. The Bertz CT molecular complexity index is 1190. The van der Waals surface area contributed by atoms with Gasteiger partial charge in [-0.15, -0.1) is 6.42 Å². The van der Waals surface area contributed by atoms with Crippen molar-refractivity contribution in [3.05, 3.63) is 47.0 Å². The number of fused-ring (bicyclic) bond motifs is 3. The van der Waals surface area contributed by atoms with Crippen LogP contribution in [0.15, 0.2) is 30.3 Å². The van der Waals surface area contributed by atoms with Gasteiger partial charge in [0.1, 0.15) is 0 Å². The number of methoxy groups -OCH3 is 2. The van der Waals surface area contributed by atoms with E-state index in [0.717, 1.165) is 27.5 Å². The second kappa shape index (κ2) is 6.59. The lowest BCUT2D eigenvalue weighted by atomic mass is 9.86. The van der Waals surface area contributed by atoms with Gasteiger partial charge in [-0.2, -0.15) is 0 Å². The van der Waals surface area contributed by atoms with Crippen LogP contribution in [0.2, 0.25) is 0 Å². The average molecular weight is 390 g/mol. The molecule has 0 amide bonds. The summed E-state index contributed by atoms with van der Waals surface area (Å²) in [5, 5.41) is 12.3. The van der Waals surface area contributed by atoms with Gasteiger partial charge < -0.3 is 28.8 Å². The maximum Gasteiger partial charge on any atom is 0.231 e. The maximum absolute atomic E-state index is 10.6. The van der Waals surface area contributed by atoms with Gasteiger partial charge in [0.25, 0.3) is 0 Å². The van der Waals surface area contributed by atoms with E-state index in [1.807, 2.05) is 30.3 Å². The Labute approximate surface area is 167 Å². The molecule has 146 valence electrons. The molecule has 0 radical (unpaired) electrons. The van der Waals surface area contributed by atoms with E-state index in [0.29, 0.717) is 34.1 Å². The lowest BCUT2D eigenvalue weighted by molar-refractivity contribution is -0.0915. The highest BCUT2D eigenvalue weighted by Gasteiger charge is 2.31. The summed E-state index contributed by atoms with van der Waals surface area (Å²) in [6.45, 7) is 0.419. The fourth-order valence-corrected chi connectivity index (χ4v) is 4.08. The number of benzene rings is 3. The fourth-order valence-electron chi connectivity index (χ4n) is 4.08. The van der Waals surface area contributed by atoms with E-state index in [9.17, 15) is 5.11 Å². The highest BCUT2D eigenvalue weighted by atomic mass is 16.7. The Morgan fingerprint density at radius 2 is 1.76 bits per heavy atom. The summed E-state index contributed by atoms with van der Waals surface area (Å²) >= 11 is 0. The molecule has 2 aliphatic heterocycles. The Hall–Kier alpha value is -3.40. The number of rotatable bonds is 3. The third-order valence-corrected chi connectivity index (χ3v) is 5.40. The zero-order valence-electron chi connectivity index (χ0n) is 15.9. The normalized spacial score (nSPS) is 16.6. The van der Waals surface area contributed by atoms with Crippen LogP contribution in [0.4, 0.5) is 0 Å². The van der Waals surface area contributed by atoms with Crippen LogP contribution in [0.5, 0.6) is 23.0 Å². The molecule has 0 spiro atoms. The van der Waals surface area contributed by atoms with Gasteiger partial charge in [0.05, 0.1) is 20.8 Å². The van der Waals surface area contributed by atoms with Gasteiger partial charge >= 0.3 is 0 Å². The summed E-state index contributed by atoms with van der Waals surface area (Å²) < 4.78 is 27.5. The van der Waals surface area contributed by atoms with Gasteiger partial charge in [0, 0.05) is 22.1 Å². The first-order chi connectivity index (χ1) is 14.2. The zero-order valence-corrected chi connectivity index (χ0v) is 15.9. The lowest BCUT2D eigenvalue weighted by Crippen LogP contribution is -2.01. The molecule has 6 nitrogen and oxygen atoms in total. The molecule has 0 aliphatic carbocycles. The summed E-state index contributed by atoms with van der Waals surface area (Å²) in [5.74, 6) is 5.25. The third kappa shape index (κ3) is 2.52. The van der Waals surface area contributed by atoms with Crippen LogP contribution in [-0.2, 0) is 11.3 Å². The van der Waals surface area contributed by atoms with Crippen molar-refractivity contribution >= 4 is 10.8 Å². The summed E-state index contributed by atoms with van der Waals surface area (Å²) in [6.07, 6.45) is 4.79. The number of hydrogen-bond acceptors (Lipinski definition) is 6. The van der Waals surface area contributed by atoms with Gasteiger partial charge in [-0.1, -0.05) is 12.0 Å². The van der Waals surface area contributed by atoms with Crippen molar-refractivity contribution < 1.29 is 28.8 Å². The molecule has 3 aromatic rings. The Morgan fingerprint density at radius 3 is 2.48 bits per heavy atom. The molecule has 2 aliphatic rings. The van der Waals surface area contributed by atoms with Gasteiger partial charge in [-0.05, 0) is 40.8 Å². The maximum atomic E-state index is 10.6. The largest absolute Gasteiger partial charge is 0.493 e. The van der Waals surface area contributed by atoms with Crippen LogP contribution >= 0.6 is 0 Å². The SMILES string of the molecule is C#Cc1c2c(c(-c3ccc4c(c3)OCO4)c3cc(OC)c(OC)cc13)C(O)OC2. The molecule has 0 saturated heterocycles. The van der Waals surface area contributed by atoms with Crippen LogP contribution in [0.25, 0.3) is 21.9 Å². The van der Waals surface area contributed by atoms with Crippen molar-refractivity contribution in [1.29, 1.82) is 0 Å². The minimum absolute atomic E-state index is 0.185. The standard InChI is InChI=1S/C23H18O6/c1-4-13-14-8-18(25-2)19(26-3)9-15(14)21(22-16(13)10-27-23(22)24)12-5-6-17-20(7-12)29-11-28-17/h1,5-9,23-24H,10-11H2,2-3H3. The number of aliphatic hydroxyl groups excluding tert-OH is 1. The van der Waals surface area contributed by atoms with E-state index in [4.69, 9.17) is 30.1 Å². The smallest absolute Gasteiger partial charge is 0.231 e. The molecular formula is C23H18O6. The third-order valence-electron chi connectivity index (χ3n) is 5.40. The first kappa shape index (κ1) is 17.7. The summed E-state index contributed by atoms with van der Waals surface area (Å²) in [6, 6.07) is 9.42. The molecule has 0 saturated carbocycles. The fraction of sp³-hybridized carbons (Fsp3) is 0.217. The van der Waals surface area contributed by atoms with Crippen molar-refractivity contribution in [2.75, 3.05) is 21.0 Å². The van der Waals surface area contributed by atoms with Crippen LogP contribution in [0, 0.1) is 12.3 Å². The van der Waals surface area contributed by atoms with E-state index < -0.39 is 6.29 Å². The van der Waals surface area contributed by atoms with Gasteiger partial charge in [-0.25, -0.2) is 0 Å². The quantitative estimate of drug-likeness (QED) is 0.687. The van der Waals surface area contributed by atoms with Crippen molar-refractivity contribution in [2.24, 2.45) is 0 Å². The minimum atomic E-state index is -1.07. The molecular weight excluding hydrogens is 372 g/mol. The van der Waals surface area contributed by atoms with Crippen molar-refractivity contribution in [2.45, 2.75) is 12.9 Å². The molecule has 1 unspecified atom stereocenters. The molecule has 0 fully saturated rings. The molecule has 6 heteroatoms. The summed E-state index contributed by atoms with van der Waals surface area (Å²) in [4.78, 5) is 0.